The van der Waals surface area contributed by atoms with Crippen molar-refractivity contribution in [3.05, 3.63) is 30.1 Å². The summed E-state index contributed by atoms with van der Waals surface area (Å²) in [6.07, 6.45) is -3.68. The second-order valence-electron chi connectivity index (χ2n) is 5.94. The molecule has 1 aromatic carbocycles. The van der Waals surface area contributed by atoms with E-state index in [0.717, 1.165) is 0 Å². The van der Waals surface area contributed by atoms with E-state index < -0.39 is 22.0 Å². The van der Waals surface area contributed by atoms with Gasteiger partial charge in [0, 0.05) is 17.5 Å². The molecule has 0 saturated heterocycles. The molecule has 2 N–H and O–H groups in total. The van der Waals surface area contributed by atoms with Gasteiger partial charge < -0.3 is 5.32 Å². The number of anilines is 1. The van der Waals surface area contributed by atoms with Gasteiger partial charge in [-0.2, -0.15) is 13.2 Å². The lowest BCUT2D eigenvalue weighted by Crippen LogP contribution is -2.31. The van der Waals surface area contributed by atoms with Crippen molar-refractivity contribution in [1.29, 1.82) is 0 Å². The van der Waals surface area contributed by atoms with Gasteiger partial charge >= 0.3 is 6.18 Å². The summed E-state index contributed by atoms with van der Waals surface area (Å²) < 4.78 is 65.0. The molecule has 0 amide bonds. The first-order valence-corrected chi connectivity index (χ1v) is 9.45. The SMILES string of the molecule is CCCS(=O)(=O)NC1CC1Nc1nc(C(F)(F)F)nc2ccccc12. The number of hydrogen-bond donors (Lipinski definition) is 2. The van der Waals surface area contributed by atoms with Crippen LogP contribution >= 0.6 is 0 Å². The van der Waals surface area contributed by atoms with Gasteiger partial charge in [-0.25, -0.2) is 23.1 Å². The topological polar surface area (TPSA) is 84.0 Å². The minimum atomic E-state index is -4.66. The molecule has 136 valence electrons. The van der Waals surface area contributed by atoms with E-state index in [1.54, 1.807) is 25.1 Å². The zero-order valence-corrected chi connectivity index (χ0v) is 14.2. The maximum Gasteiger partial charge on any atom is 0.451 e. The number of halogens is 3. The van der Waals surface area contributed by atoms with Crippen molar-refractivity contribution in [2.45, 2.75) is 38.0 Å². The molecule has 1 aliphatic carbocycles. The highest BCUT2D eigenvalue weighted by Gasteiger charge is 2.41. The summed E-state index contributed by atoms with van der Waals surface area (Å²) in [5.41, 5.74) is 0.177. The Bertz CT molecular complexity index is 886. The molecule has 25 heavy (non-hydrogen) atoms. The van der Waals surface area contributed by atoms with Crippen LogP contribution in [0.1, 0.15) is 25.6 Å². The van der Waals surface area contributed by atoms with Crippen LogP contribution in [0.3, 0.4) is 0 Å². The summed E-state index contributed by atoms with van der Waals surface area (Å²) in [7, 11) is -3.37. The number of nitrogens with one attached hydrogen (secondary N) is 2. The summed E-state index contributed by atoms with van der Waals surface area (Å²) in [5.74, 6) is -1.15. The van der Waals surface area contributed by atoms with Crippen molar-refractivity contribution in [3.8, 4) is 0 Å². The Kier molecular flexibility index (Phi) is 4.58. The predicted molar refractivity (Wildman–Crippen MR) is 87.6 cm³/mol. The molecule has 10 heteroatoms. The molecule has 3 rings (SSSR count). The van der Waals surface area contributed by atoms with Crippen LogP contribution in [-0.4, -0.2) is 36.2 Å². The fourth-order valence-corrected chi connectivity index (χ4v) is 3.91. The molecule has 1 heterocycles. The minimum Gasteiger partial charge on any atom is -0.365 e. The van der Waals surface area contributed by atoms with Crippen molar-refractivity contribution in [3.63, 3.8) is 0 Å². The van der Waals surface area contributed by atoms with Gasteiger partial charge in [0.25, 0.3) is 0 Å². The Morgan fingerprint density at radius 1 is 1.20 bits per heavy atom. The van der Waals surface area contributed by atoms with Crippen molar-refractivity contribution in [2.24, 2.45) is 0 Å². The molecule has 1 saturated carbocycles. The van der Waals surface area contributed by atoms with Crippen molar-refractivity contribution in [1.82, 2.24) is 14.7 Å². The van der Waals surface area contributed by atoms with E-state index in [9.17, 15) is 21.6 Å². The lowest BCUT2D eigenvalue weighted by atomic mass is 10.2. The summed E-state index contributed by atoms with van der Waals surface area (Å²) in [6, 6.07) is 5.73. The summed E-state index contributed by atoms with van der Waals surface area (Å²) in [4.78, 5) is 7.15. The number of benzene rings is 1. The number of nitrogens with zero attached hydrogens (tertiary/aromatic N) is 2. The number of sulfonamides is 1. The highest BCUT2D eigenvalue weighted by atomic mass is 32.2. The van der Waals surface area contributed by atoms with Crippen LogP contribution in [0.5, 0.6) is 0 Å². The molecule has 0 radical (unpaired) electrons. The van der Waals surface area contributed by atoms with E-state index in [-0.39, 0.29) is 29.2 Å². The number of hydrogen-bond acceptors (Lipinski definition) is 5. The van der Waals surface area contributed by atoms with Gasteiger partial charge in [-0.1, -0.05) is 19.1 Å². The van der Waals surface area contributed by atoms with E-state index in [1.165, 1.54) is 6.07 Å². The van der Waals surface area contributed by atoms with Gasteiger partial charge in [0.2, 0.25) is 15.8 Å². The van der Waals surface area contributed by atoms with E-state index in [2.05, 4.69) is 20.0 Å². The first kappa shape index (κ1) is 17.9. The molecule has 0 bridgehead atoms. The molecule has 1 aromatic heterocycles. The standard InChI is InChI=1S/C15H17F3N4O2S/c1-2-7-25(23,24)22-12-8-11(12)19-13-9-5-3-4-6-10(9)20-14(21-13)15(16,17)18/h3-6,11-12,22H,2,7-8H2,1H3,(H,19,20,21). The molecule has 1 aliphatic rings. The number of alkyl halides is 3. The Morgan fingerprint density at radius 3 is 2.60 bits per heavy atom. The minimum absolute atomic E-state index is 0.0187. The molecule has 1 fully saturated rings. The second kappa shape index (κ2) is 6.41. The van der Waals surface area contributed by atoms with Crippen LogP contribution in [-0.2, 0) is 16.2 Å². The van der Waals surface area contributed by atoms with Gasteiger partial charge in [-0.15, -0.1) is 0 Å². The first-order valence-electron chi connectivity index (χ1n) is 7.80. The molecule has 2 atom stereocenters. The van der Waals surface area contributed by atoms with Crippen LogP contribution in [0.15, 0.2) is 24.3 Å². The zero-order valence-electron chi connectivity index (χ0n) is 13.3. The van der Waals surface area contributed by atoms with Crippen LogP contribution in [0.2, 0.25) is 0 Å². The number of rotatable bonds is 6. The first-order chi connectivity index (χ1) is 11.7. The lowest BCUT2D eigenvalue weighted by Gasteiger charge is -2.12. The van der Waals surface area contributed by atoms with Crippen molar-refractivity contribution >= 4 is 26.7 Å². The normalized spacial score (nSPS) is 20.6. The van der Waals surface area contributed by atoms with E-state index in [1.807, 2.05) is 0 Å². The van der Waals surface area contributed by atoms with Crippen LogP contribution in [0.4, 0.5) is 19.0 Å². The van der Waals surface area contributed by atoms with E-state index in [4.69, 9.17) is 0 Å². The summed E-state index contributed by atoms with van der Waals surface area (Å²) >= 11 is 0. The van der Waals surface area contributed by atoms with Crippen LogP contribution in [0, 0.1) is 0 Å². The largest absolute Gasteiger partial charge is 0.451 e. The number of fused-ring (bicyclic) bond motifs is 1. The smallest absolute Gasteiger partial charge is 0.365 e. The fourth-order valence-electron chi connectivity index (χ4n) is 2.53. The van der Waals surface area contributed by atoms with Crippen molar-refractivity contribution < 1.29 is 21.6 Å². The molecule has 6 nitrogen and oxygen atoms in total. The van der Waals surface area contributed by atoms with E-state index >= 15 is 0 Å². The molecule has 2 unspecified atom stereocenters. The molecular weight excluding hydrogens is 357 g/mol. The third-order valence-corrected chi connectivity index (χ3v) is 5.38. The summed E-state index contributed by atoms with van der Waals surface area (Å²) in [6.45, 7) is 1.76. The van der Waals surface area contributed by atoms with Gasteiger partial charge in [-0.05, 0) is 25.0 Å². The Morgan fingerprint density at radius 2 is 1.92 bits per heavy atom. The Hall–Kier alpha value is -1.94. The molecular formula is C15H17F3N4O2S. The van der Waals surface area contributed by atoms with E-state index in [0.29, 0.717) is 18.2 Å². The zero-order chi connectivity index (χ0) is 18.2. The number of para-hydroxylation sites is 1. The maximum atomic E-state index is 13.0. The Labute approximate surface area is 142 Å². The lowest BCUT2D eigenvalue weighted by molar-refractivity contribution is -0.144. The maximum absolute atomic E-state index is 13.0. The third kappa shape index (κ3) is 4.18. The average molecular weight is 374 g/mol. The van der Waals surface area contributed by atoms with Crippen LogP contribution in [0.25, 0.3) is 10.9 Å². The quantitative estimate of drug-likeness (QED) is 0.812. The van der Waals surface area contributed by atoms with Gasteiger partial charge in [-0.3, -0.25) is 0 Å². The second-order valence-corrected chi connectivity index (χ2v) is 7.81. The fraction of sp³-hybridized carbons (Fsp3) is 0.467. The van der Waals surface area contributed by atoms with Gasteiger partial charge in [0.05, 0.1) is 11.3 Å². The highest BCUT2D eigenvalue weighted by molar-refractivity contribution is 7.89. The monoisotopic (exact) mass is 374 g/mol. The number of aromatic nitrogens is 2. The Balaban J connectivity index is 1.83. The average Bonchev–Trinajstić information content (AvgIpc) is 3.22. The van der Waals surface area contributed by atoms with Gasteiger partial charge in [0.15, 0.2) is 0 Å². The third-order valence-electron chi connectivity index (χ3n) is 3.77. The van der Waals surface area contributed by atoms with Crippen LogP contribution < -0.4 is 10.0 Å². The summed E-state index contributed by atoms with van der Waals surface area (Å²) in [5, 5.41) is 3.36. The van der Waals surface area contributed by atoms with Gasteiger partial charge in [0.1, 0.15) is 5.82 Å². The highest BCUT2D eigenvalue weighted by Crippen LogP contribution is 2.33. The van der Waals surface area contributed by atoms with Crippen molar-refractivity contribution in [2.75, 3.05) is 11.1 Å². The molecule has 2 aromatic rings. The molecule has 0 aliphatic heterocycles. The molecule has 0 spiro atoms. The predicted octanol–water partition coefficient (Wildman–Crippen LogP) is 2.53.